The first-order chi connectivity index (χ1) is 14.5. The number of carboxylic acids is 1. The SMILES string of the molecule is CC(N)C(=O)NC(CO)C(=O)NC(Cc1ccc(O)cc1)C(=O)NC(C(=O)O)C(C)O. The maximum absolute atomic E-state index is 12.7. The second-order valence-corrected chi connectivity index (χ2v) is 7.03. The Morgan fingerprint density at radius 3 is 1.90 bits per heavy atom. The number of rotatable bonds is 11. The van der Waals surface area contributed by atoms with Crippen LogP contribution in [0.25, 0.3) is 0 Å². The van der Waals surface area contributed by atoms with E-state index in [1.54, 1.807) is 0 Å². The van der Waals surface area contributed by atoms with Gasteiger partial charge >= 0.3 is 5.97 Å². The van der Waals surface area contributed by atoms with Gasteiger partial charge in [-0.25, -0.2) is 4.79 Å². The summed E-state index contributed by atoms with van der Waals surface area (Å²) in [6, 6.07) is 0.417. The predicted molar refractivity (Wildman–Crippen MR) is 108 cm³/mol. The number of hydrogen-bond donors (Lipinski definition) is 8. The molecule has 1 aromatic rings. The average Bonchev–Trinajstić information content (AvgIpc) is 2.69. The van der Waals surface area contributed by atoms with Crippen molar-refractivity contribution in [1.29, 1.82) is 0 Å². The van der Waals surface area contributed by atoms with Crippen LogP contribution in [-0.4, -0.2) is 81.0 Å². The van der Waals surface area contributed by atoms with Gasteiger partial charge in [0, 0.05) is 6.42 Å². The number of benzene rings is 1. The highest BCUT2D eigenvalue weighted by Gasteiger charge is 2.31. The molecule has 172 valence electrons. The van der Waals surface area contributed by atoms with Gasteiger partial charge in [0.15, 0.2) is 6.04 Å². The minimum atomic E-state index is -1.63. The summed E-state index contributed by atoms with van der Waals surface area (Å²) in [4.78, 5) is 48.2. The van der Waals surface area contributed by atoms with Crippen molar-refractivity contribution in [2.45, 2.75) is 50.5 Å². The molecular weight excluding hydrogens is 412 g/mol. The summed E-state index contributed by atoms with van der Waals surface area (Å²) in [6.45, 7) is 1.78. The van der Waals surface area contributed by atoms with Gasteiger partial charge in [-0.1, -0.05) is 12.1 Å². The molecule has 0 saturated carbocycles. The molecule has 0 bridgehead atoms. The van der Waals surface area contributed by atoms with Crippen LogP contribution < -0.4 is 21.7 Å². The second-order valence-electron chi connectivity index (χ2n) is 7.03. The molecule has 0 saturated heterocycles. The lowest BCUT2D eigenvalue weighted by molar-refractivity contribution is -0.145. The predicted octanol–water partition coefficient (Wildman–Crippen LogP) is -2.81. The van der Waals surface area contributed by atoms with E-state index in [1.165, 1.54) is 38.1 Å². The van der Waals surface area contributed by atoms with Crippen molar-refractivity contribution in [2.24, 2.45) is 5.73 Å². The van der Waals surface area contributed by atoms with Gasteiger partial charge in [0.05, 0.1) is 18.8 Å². The Morgan fingerprint density at radius 1 is 0.935 bits per heavy atom. The third-order valence-electron chi connectivity index (χ3n) is 4.28. The molecule has 31 heavy (non-hydrogen) atoms. The zero-order valence-corrected chi connectivity index (χ0v) is 17.1. The Kier molecular flexibility index (Phi) is 9.86. The molecule has 0 aliphatic carbocycles. The maximum atomic E-state index is 12.7. The molecule has 5 atom stereocenters. The number of amides is 3. The fraction of sp³-hybridized carbons (Fsp3) is 0.474. The maximum Gasteiger partial charge on any atom is 0.328 e. The van der Waals surface area contributed by atoms with E-state index in [1.807, 2.05) is 0 Å². The first-order valence-electron chi connectivity index (χ1n) is 9.42. The number of aliphatic hydroxyl groups excluding tert-OH is 2. The van der Waals surface area contributed by atoms with Crippen LogP contribution in [0.4, 0.5) is 0 Å². The molecule has 0 radical (unpaired) electrons. The number of nitrogens with one attached hydrogen (secondary N) is 3. The van der Waals surface area contributed by atoms with Crippen LogP contribution in [0.15, 0.2) is 24.3 Å². The van der Waals surface area contributed by atoms with Crippen molar-refractivity contribution < 1.29 is 39.6 Å². The zero-order chi connectivity index (χ0) is 23.7. The topological polar surface area (TPSA) is 211 Å². The first-order valence-corrected chi connectivity index (χ1v) is 9.42. The molecule has 12 nitrogen and oxygen atoms in total. The molecule has 5 unspecified atom stereocenters. The van der Waals surface area contributed by atoms with Crippen LogP contribution in [0.2, 0.25) is 0 Å². The third kappa shape index (κ3) is 8.20. The van der Waals surface area contributed by atoms with Crippen molar-refractivity contribution in [3.8, 4) is 5.75 Å². The lowest BCUT2D eigenvalue weighted by Gasteiger charge is -2.25. The second kappa shape index (κ2) is 11.8. The van der Waals surface area contributed by atoms with E-state index < -0.39 is 60.6 Å². The highest BCUT2D eigenvalue weighted by molar-refractivity contribution is 5.94. The van der Waals surface area contributed by atoms with Crippen molar-refractivity contribution in [3.63, 3.8) is 0 Å². The van der Waals surface area contributed by atoms with E-state index in [-0.39, 0.29) is 12.2 Å². The van der Waals surface area contributed by atoms with Gasteiger partial charge in [-0.2, -0.15) is 0 Å². The molecule has 12 heteroatoms. The highest BCUT2D eigenvalue weighted by Crippen LogP contribution is 2.12. The quantitative estimate of drug-likeness (QED) is 0.178. The van der Waals surface area contributed by atoms with Crippen LogP contribution in [0.3, 0.4) is 0 Å². The number of phenols is 1. The molecule has 0 aliphatic heterocycles. The van der Waals surface area contributed by atoms with Crippen molar-refractivity contribution >= 4 is 23.7 Å². The number of aromatic hydroxyl groups is 1. The van der Waals surface area contributed by atoms with Gasteiger partial charge < -0.3 is 42.1 Å². The number of carbonyl (C=O) groups excluding carboxylic acids is 3. The van der Waals surface area contributed by atoms with E-state index in [0.29, 0.717) is 5.56 Å². The van der Waals surface area contributed by atoms with Crippen LogP contribution in [-0.2, 0) is 25.6 Å². The summed E-state index contributed by atoms with van der Waals surface area (Å²) >= 11 is 0. The highest BCUT2D eigenvalue weighted by atomic mass is 16.4. The fourth-order valence-corrected chi connectivity index (χ4v) is 2.49. The smallest absolute Gasteiger partial charge is 0.328 e. The Labute approximate surface area is 178 Å². The van der Waals surface area contributed by atoms with Gasteiger partial charge in [-0.3, -0.25) is 14.4 Å². The Balaban J connectivity index is 3.06. The molecule has 1 rings (SSSR count). The Morgan fingerprint density at radius 2 is 1.45 bits per heavy atom. The van der Waals surface area contributed by atoms with Gasteiger partial charge in [0.1, 0.15) is 17.8 Å². The van der Waals surface area contributed by atoms with Crippen LogP contribution in [0, 0.1) is 0 Å². The Hall–Kier alpha value is -3.22. The first kappa shape index (κ1) is 25.8. The molecular formula is C19H28N4O8. The minimum absolute atomic E-state index is 0.0206. The molecule has 9 N–H and O–H groups in total. The largest absolute Gasteiger partial charge is 0.508 e. The number of carboxylic acid groups (broad SMARTS) is 1. The number of nitrogens with two attached hydrogens (primary N) is 1. The van der Waals surface area contributed by atoms with Crippen LogP contribution in [0.1, 0.15) is 19.4 Å². The normalized spacial score (nSPS) is 15.6. The van der Waals surface area contributed by atoms with Crippen molar-refractivity contribution in [2.75, 3.05) is 6.61 Å². The summed E-state index contributed by atoms with van der Waals surface area (Å²) in [7, 11) is 0. The van der Waals surface area contributed by atoms with Crippen molar-refractivity contribution in [3.05, 3.63) is 29.8 Å². The van der Waals surface area contributed by atoms with Gasteiger partial charge in [-0.15, -0.1) is 0 Å². The van der Waals surface area contributed by atoms with E-state index in [2.05, 4.69) is 16.0 Å². The molecule has 0 aromatic heterocycles. The lowest BCUT2D eigenvalue weighted by Crippen LogP contribution is -2.59. The standard InChI is InChI=1S/C19H28N4O8/c1-9(20)16(27)22-14(8-24)18(29)21-13(7-11-3-5-12(26)6-4-11)17(28)23-15(10(2)25)19(30)31/h3-6,9-10,13-15,24-26H,7-8,20H2,1-2H3,(H,21,29)(H,22,27)(H,23,28)(H,30,31). The Bertz CT molecular complexity index is 782. The molecule has 0 fully saturated rings. The number of carbonyl (C=O) groups is 4. The summed E-state index contributed by atoms with van der Waals surface area (Å²) in [5.41, 5.74) is 5.94. The summed E-state index contributed by atoms with van der Waals surface area (Å²) in [5, 5.41) is 44.3. The molecule has 1 aromatic carbocycles. The fourth-order valence-electron chi connectivity index (χ4n) is 2.49. The lowest BCUT2D eigenvalue weighted by atomic mass is 10.0. The molecule has 0 heterocycles. The van der Waals surface area contributed by atoms with E-state index in [4.69, 9.17) is 5.73 Å². The van der Waals surface area contributed by atoms with E-state index in [9.17, 15) is 39.6 Å². The number of aliphatic hydroxyl groups is 2. The summed E-state index contributed by atoms with van der Waals surface area (Å²) in [5.74, 6) is -4.01. The number of aliphatic carboxylic acids is 1. The average molecular weight is 440 g/mol. The van der Waals surface area contributed by atoms with Gasteiger partial charge in [-0.05, 0) is 31.5 Å². The summed E-state index contributed by atoms with van der Waals surface area (Å²) in [6.07, 6.45) is -1.52. The van der Waals surface area contributed by atoms with E-state index >= 15 is 0 Å². The molecule has 3 amide bonds. The zero-order valence-electron chi connectivity index (χ0n) is 17.1. The third-order valence-corrected chi connectivity index (χ3v) is 4.28. The number of phenolic OH excluding ortho intramolecular Hbond substituents is 1. The van der Waals surface area contributed by atoms with Gasteiger partial charge in [0.25, 0.3) is 0 Å². The van der Waals surface area contributed by atoms with Gasteiger partial charge in [0.2, 0.25) is 17.7 Å². The molecule has 0 aliphatic rings. The van der Waals surface area contributed by atoms with Crippen LogP contribution in [0.5, 0.6) is 5.75 Å². The summed E-state index contributed by atoms with van der Waals surface area (Å²) < 4.78 is 0. The minimum Gasteiger partial charge on any atom is -0.508 e. The number of hydrogen-bond acceptors (Lipinski definition) is 8. The molecule has 0 spiro atoms. The monoisotopic (exact) mass is 440 g/mol. The van der Waals surface area contributed by atoms with Crippen molar-refractivity contribution in [1.82, 2.24) is 16.0 Å². The van der Waals surface area contributed by atoms with E-state index in [0.717, 1.165) is 0 Å². The van der Waals surface area contributed by atoms with Crippen LogP contribution >= 0.6 is 0 Å².